The third kappa shape index (κ3) is 6.19. The Labute approximate surface area is 189 Å². The van der Waals surface area contributed by atoms with Crippen molar-refractivity contribution in [2.45, 2.75) is 39.8 Å². The highest BCUT2D eigenvalue weighted by Gasteiger charge is 2.29. The van der Waals surface area contributed by atoms with Crippen molar-refractivity contribution in [3.63, 3.8) is 0 Å². The number of nitrogens with zero attached hydrogens (tertiary/aromatic N) is 2. The molecular weight excluding hydrogens is 407 g/mol. The SMILES string of the molecule is COc1ccc([C@H]2/C=C\CN(C(=O)CC(C)(C)C)CC(=O)N2Cc2ccc(F)cc2)cc1. The standard InChI is InChI=1S/C26H31FN2O3/c1-26(2,3)16-24(30)28-15-5-6-23(20-9-13-22(32-4)14-10-20)29(25(31)18-28)17-19-7-11-21(27)12-8-19/h5-14,23H,15-18H2,1-4H3/b6-5-/t23-/m1/s1. The van der Waals surface area contributed by atoms with E-state index in [-0.39, 0.29) is 35.6 Å². The van der Waals surface area contributed by atoms with E-state index in [4.69, 9.17) is 4.74 Å². The van der Waals surface area contributed by atoms with Crippen LogP contribution in [0.2, 0.25) is 0 Å². The number of hydrogen-bond donors (Lipinski definition) is 0. The first kappa shape index (κ1) is 23.5. The van der Waals surface area contributed by atoms with Gasteiger partial charge in [-0.3, -0.25) is 9.59 Å². The second kappa shape index (κ2) is 9.98. The zero-order valence-electron chi connectivity index (χ0n) is 19.2. The molecule has 0 bridgehead atoms. The second-order valence-electron chi connectivity index (χ2n) is 9.31. The van der Waals surface area contributed by atoms with Gasteiger partial charge in [0, 0.05) is 19.5 Å². The fourth-order valence-corrected chi connectivity index (χ4v) is 3.72. The van der Waals surface area contributed by atoms with Gasteiger partial charge in [-0.1, -0.05) is 57.2 Å². The molecule has 0 aromatic heterocycles. The Morgan fingerprint density at radius 2 is 1.75 bits per heavy atom. The van der Waals surface area contributed by atoms with Gasteiger partial charge in [-0.15, -0.1) is 0 Å². The van der Waals surface area contributed by atoms with Crippen molar-refractivity contribution in [2.75, 3.05) is 20.2 Å². The van der Waals surface area contributed by atoms with E-state index < -0.39 is 0 Å². The van der Waals surface area contributed by atoms with E-state index in [0.29, 0.717) is 19.5 Å². The number of carbonyl (C=O) groups is 2. The highest BCUT2D eigenvalue weighted by atomic mass is 19.1. The number of benzene rings is 2. The van der Waals surface area contributed by atoms with E-state index in [1.165, 1.54) is 12.1 Å². The summed E-state index contributed by atoms with van der Waals surface area (Å²) in [5.41, 5.74) is 1.60. The molecule has 2 amide bonds. The minimum absolute atomic E-state index is 0.00705. The van der Waals surface area contributed by atoms with Crippen LogP contribution in [0.5, 0.6) is 5.75 Å². The maximum absolute atomic E-state index is 13.4. The summed E-state index contributed by atoms with van der Waals surface area (Å²) in [6.07, 6.45) is 4.27. The number of halogens is 1. The molecular formula is C26H31FN2O3. The molecule has 170 valence electrons. The first-order valence-corrected chi connectivity index (χ1v) is 10.8. The van der Waals surface area contributed by atoms with Crippen LogP contribution in [0.25, 0.3) is 0 Å². The molecule has 1 aliphatic rings. The lowest BCUT2D eigenvalue weighted by molar-refractivity contribution is -0.142. The summed E-state index contributed by atoms with van der Waals surface area (Å²) in [5.74, 6) is 0.221. The Kier molecular flexibility index (Phi) is 7.33. The average Bonchev–Trinajstić information content (AvgIpc) is 2.73. The van der Waals surface area contributed by atoms with Crippen molar-refractivity contribution in [3.05, 3.63) is 77.6 Å². The average molecular weight is 439 g/mol. The van der Waals surface area contributed by atoms with E-state index in [0.717, 1.165) is 16.9 Å². The summed E-state index contributed by atoms with van der Waals surface area (Å²) < 4.78 is 18.7. The lowest BCUT2D eigenvalue weighted by atomic mass is 9.91. The second-order valence-corrected chi connectivity index (χ2v) is 9.31. The molecule has 0 aliphatic carbocycles. The van der Waals surface area contributed by atoms with Gasteiger partial charge in [0.1, 0.15) is 18.1 Å². The zero-order chi connectivity index (χ0) is 23.3. The molecule has 0 unspecified atom stereocenters. The van der Waals surface area contributed by atoms with Crippen LogP contribution >= 0.6 is 0 Å². The first-order chi connectivity index (χ1) is 15.2. The first-order valence-electron chi connectivity index (χ1n) is 10.8. The normalized spacial score (nSPS) is 18.2. The van der Waals surface area contributed by atoms with Crippen molar-refractivity contribution in [2.24, 2.45) is 5.41 Å². The number of hydrogen-bond acceptors (Lipinski definition) is 3. The molecule has 0 spiro atoms. The molecule has 1 heterocycles. The molecule has 2 aromatic carbocycles. The summed E-state index contributed by atoms with van der Waals surface area (Å²) in [6.45, 7) is 6.72. The largest absolute Gasteiger partial charge is 0.497 e. The van der Waals surface area contributed by atoms with Gasteiger partial charge in [-0.2, -0.15) is 0 Å². The van der Waals surface area contributed by atoms with E-state index in [9.17, 15) is 14.0 Å². The zero-order valence-corrected chi connectivity index (χ0v) is 19.2. The number of carbonyl (C=O) groups excluding carboxylic acids is 2. The van der Waals surface area contributed by atoms with Crippen LogP contribution in [0.3, 0.4) is 0 Å². The van der Waals surface area contributed by atoms with Gasteiger partial charge >= 0.3 is 0 Å². The molecule has 5 nitrogen and oxygen atoms in total. The summed E-state index contributed by atoms with van der Waals surface area (Å²) in [5, 5.41) is 0. The fraction of sp³-hybridized carbons (Fsp3) is 0.385. The molecule has 0 saturated heterocycles. The van der Waals surface area contributed by atoms with Gasteiger partial charge in [0.2, 0.25) is 11.8 Å². The molecule has 0 radical (unpaired) electrons. The van der Waals surface area contributed by atoms with Gasteiger partial charge in [-0.25, -0.2) is 4.39 Å². The van der Waals surface area contributed by atoms with Gasteiger partial charge in [0.25, 0.3) is 0 Å². The topological polar surface area (TPSA) is 49.9 Å². The quantitative estimate of drug-likeness (QED) is 0.634. The van der Waals surface area contributed by atoms with Crippen LogP contribution < -0.4 is 4.74 Å². The van der Waals surface area contributed by atoms with Crippen LogP contribution in [-0.2, 0) is 16.1 Å². The predicted octanol–water partition coefficient (Wildman–Crippen LogP) is 4.74. The summed E-state index contributed by atoms with van der Waals surface area (Å²) >= 11 is 0. The van der Waals surface area contributed by atoms with Crippen molar-refractivity contribution < 1.29 is 18.7 Å². The summed E-state index contributed by atoms with van der Waals surface area (Å²) in [4.78, 5) is 29.6. The van der Waals surface area contributed by atoms with Crippen LogP contribution in [-0.4, -0.2) is 41.8 Å². The van der Waals surface area contributed by atoms with Crippen molar-refractivity contribution >= 4 is 11.8 Å². The van der Waals surface area contributed by atoms with Gasteiger partial charge < -0.3 is 14.5 Å². The Bertz CT molecular complexity index is 962. The van der Waals surface area contributed by atoms with E-state index in [2.05, 4.69) is 0 Å². The highest BCUT2D eigenvalue weighted by Crippen LogP contribution is 2.28. The fourth-order valence-electron chi connectivity index (χ4n) is 3.72. The van der Waals surface area contributed by atoms with Gasteiger partial charge in [0.05, 0.1) is 13.2 Å². The maximum Gasteiger partial charge on any atom is 0.243 e. The lowest BCUT2D eigenvalue weighted by Gasteiger charge is -2.35. The minimum Gasteiger partial charge on any atom is -0.497 e. The minimum atomic E-state index is -0.321. The van der Waals surface area contributed by atoms with Crippen LogP contribution in [0.1, 0.15) is 44.4 Å². The summed E-state index contributed by atoms with van der Waals surface area (Å²) in [6, 6.07) is 13.4. The molecule has 0 fully saturated rings. The van der Waals surface area contributed by atoms with Crippen LogP contribution in [0.4, 0.5) is 4.39 Å². The van der Waals surface area contributed by atoms with Crippen molar-refractivity contribution in [3.8, 4) is 5.75 Å². The Morgan fingerprint density at radius 1 is 1.09 bits per heavy atom. The van der Waals surface area contributed by atoms with Crippen molar-refractivity contribution in [1.82, 2.24) is 9.80 Å². The smallest absolute Gasteiger partial charge is 0.243 e. The number of rotatable bonds is 5. The molecule has 1 aliphatic heterocycles. The van der Waals surface area contributed by atoms with Gasteiger partial charge in [0.15, 0.2) is 0 Å². The molecule has 2 aromatic rings. The predicted molar refractivity (Wildman–Crippen MR) is 122 cm³/mol. The van der Waals surface area contributed by atoms with Crippen molar-refractivity contribution in [1.29, 1.82) is 0 Å². The molecule has 3 rings (SSSR count). The molecule has 1 atom stereocenters. The number of amides is 2. The van der Waals surface area contributed by atoms with Crippen LogP contribution in [0, 0.1) is 11.2 Å². The van der Waals surface area contributed by atoms with E-state index in [1.54, 1.807) is 29.0 Å². The lowest BCUT2D eigenvalue weighted by Crippen LogP contribution is -2.45. The van der Waals surface area contributed by atoms with Gasteiger partial charge in [-0.05, 0) is 40.8 Å². The third-order valence-electron chi connectivity index (χ3n) is 5.38. The summed E-state index contributed by atoms with van der Waals surface area (Å²) in [7, 11) is 1.61. The third-order valence-corrected chi connectivity index (χ3v) is 5.38. The molecule has 32 heavy (non-hydrogen) atoms. The Morgan fingerprint density at radius 3 is 2.34 bits per heavy atom. The number of methoxy groups -OCH3 is 1. The monoisotopic (exact) mass is 438 g/mol. The van der Waals surface area contributed by atoms with E-state index >= 15 is 0 Å². The Balaban J connectivity index is 1.92. The highest BCUT2D eigenvalue weighted by molar-refractivity contribution is 5.86. The number of ether oxygens (including phenoxy) is 1. The maximum atomic E-state index is 13.4. The molecule has 0 saturated carbocycles. The Hall–Kier alpha value is -3.15. The molecule has 6 heteroatoms. The van der Waals surface area contributed by atoms with E-state index in [1.807, 2.05) is 57.2 Å². The van der Waals surface area contributed by atoms with Crippen LogP contribution in [0.15, 0.2) is 60.7 Å². The molecule has 0 N–H and O–H groups in total.